The molecule has 0 unspecified atom stereocenters. The Morgan fingerprint density at radius 1 is 1.00 bits per heavy atom. The smallest absolute Gasteiger partial charge is 0.251 e. The Labute approximate surface area is 157 Å². The van der Waals surface area contributed by atoms with Crippen molar-refractivity contribution in [3.63, 3.8) is 0 Å². The number of hydrogen-bond acceptors (Lipinski definition) is 3. The van der Waals surface area contributed by atoms with Gasteiger partial charge < -0.3 is 5.32 Å². The monoisotopic (exact) mass is 424 g/mol. The fourth-order valence-corrected chi connectivity index (χ4v) is 4.23. The highest BCUT2D eigenvalue weighted by Gasteiger charge is 2.17. The Morgan fingerprint density at radius 2 is 1.60 bits per heavy atom. The first kappa shape index (κ1) is 19.6. The van der Waals surface area contributed by atoms with Crippen LogP contribution in [0.15, 0.2) is 57.9 Å². The molecular formula is C18H21BrN2O3S. The molecule has 2 rings (SSSR count). The number of sulfonamides is 1. The van der Waals surface area contributed by atoms with Crippen molar-refractivity contribution in [1.29, 1.82) is 0 Å². The molecule has 1 atom stereocenters. The van der Waals surface area contributed by atoms with Gasteiger partial charge in [-0.1, -0.05) is 34.1 Å². The van der Waals surface area contributed by atoms with Crippen molar-refractivity contribution in [1.82, 2.24) is 10.0 Å². The molecule has 7 heteroatoms. The zero-order valence-corrected chi connectivity index (χ0v) is 16.7. The molecule has 0 fully saturated rings. The topological polar surface area (TPSA) is 75.3 Å². The summed E-state index contributed by atoms with van der Waals surface area (Å²) in [6, 6.07) is 13.2. The van der Waals surface area contributed by atoms with Crippen LogP contribution in [0.1, 0.15) is 42.7 Å². The highest BCUT2D eigenvalue weighted by Crippen LogP contribution is 2.23. The quantitative estimate of drug-likeness (QED) is 0.742. The van der Waals surface area contributed by atoms with Gasteiger partial charge in [0.15, 0.2) is 0 Å². The summed E-state index contributed by atoms with van der Waals surface area (Å²) in [5.74, 6) is -0.260. The number of halogens is 1. The normalized spacial score (nSPS) is 12.8. The standard InChI is InChI=1S/C18H21BrN2O3S/c1-12(2)21-25(23,24)15-10-8-14(9-11-15)18(22)20-13(3)16-6-4-5-7-17(16)19/h4-13,21H,1-3H3,(H,20,22)/t13-/m0/s1. The van der Waals surface area contributed by atoms with Gasteiger partial charge in [-0.15, -0.1) is 0 Å². The van der Waals surface area contributed by atoms with E-state index in [4.69, 9.17) is 0 Å². The minimum absolute atomic E-state index is 0.136. The molecule has 0 heterocycles. The van der Waals surface area contributed by atoms with Gasteiger partial charge in [-0.2, -0.15) is 0 Å². The Balaban J connectivity index is 2.12. The van der Waals surface area contributed by atoms with Crippen LogP contribution in [-0.2, 0) is 10.0 Å². The molecule has 2 aromatic carbocycles. The lowest BCUT2D eigenvalue weighted by molar-refractivity contribution is 0.0939. The SMILES string of the molecule is CC(C)NS(=O)(=O)c1ccc(C(=O)N[C@@H](C)c2ccccc2Br)cc1. The van der Waals surface area contributed by atoms with Crippen LogP contribution in [0.3, 0.4) is 0 Å². The van der Waals surface area contributed by atoms with E-state index >= 15 is 0 Å². The molecule has 0 aliphatic heterocycles. The van der Waals surface area contributed by atoms with Crippen LogP contribution in [0, 0.1) is 0 Å². The average Bonchev–Trinajstić information content (AvgIpc) is 2.54. The lowest BCUT2D eigenvalue weighted by Crippen LogP contribution is -2.30. The van der Waals surface area contributed by atoms with Crippen molar-refractivity contribution in [2.45, 2.75) is 37.8 Å². The third kappa shape index (κ3) is 5.14. The third-order valence-electron chi connectivity index (χ3n) is 3.54. The molecular weight excluding hydrogens is 404 g/mol. The molecule has 5 nitrogen and oxygen atoms in total. The second-order valence-electron chi connectivity index (χ2n) is 6.02. The molecule has 0 bridgehead atoms. The number of carbonyl (C=O) groups is 1. The van der Waals surface area contributed by atoms with Crippen molar-refractivity contribution in [3.8, 4) is 0 Å². The molecule has 25 heavy (non-hydrogen) atoms. The van der Waals surface area contributed by atoms with E-state index in [0.717, 1.165) is 10.0 Å². The zero-order chi connectivity index (χ0) is 18.6. The van der Waals surface area contributed by atoms with Crippen molar-refractivity contribution in [2.75, 3.05) is 0 Å². The minimum atomic E-state index is -3.56. The van der Waals surface area contributed by atoms with Gasteiger partial charge in [-0.05, 0) is 56.7 Å². The van der Waals surface area contributed by atoms with Gasteiger partial charge in [-0.25, -0.2) is 13.1 Å². The summed E-state index contributed by atoms with van der Waals surface area (Å²) in [5, 5.41) is 2.91. The number of carbonyl (C=O) groups excluding carboxylic acids is 1. The predicted octanol–water partition coefficient (Wildman–Crippen LogP) is 3.63. The predicted molar refractivity (Wildman–Crippen MR) is 102 cm³/mol. The summed E-state index contributed by atoms with van der Waals surface area (Å²) in [7, 11) is -3.56. The molecule has 0 aromatic heterocycles. The Morgan fingerprint density at radius 3 is 2.16 bits per heavy atom. The summed E-state index contributed by atoms with van der Waals surface area (Å²) in [4.78, 5) is 12.5. The molecule has 0 spiro atoms. The largest absolute Gasteiger partial charge is 0.345 e. The fourth-order valence-electron chi connectivity index (χ4n) is 2.35. The van der Waals surface area contributed by atoms with E-state index in [1.165, 1.54) is 24.3 Å². The van der Waals surface area contributed by atoms with Crippen LogP contribution in [0.4, 0.5) is 0 Å². The Kier molecular flexibility index (Phi) is 6.37. The van der Waals surface area contributed by atoms with E-state index in [2.05, 4.69) is 26.0 Å². The van der Waals surface area contributed by atoms with E-state index in [-0.39, 0.29) is 22.9 Å². The van der Waals surface area contributed by atoms with Gasteiger partial charge in [0.25, 0.3) is 5.91 Å². The van der Waals surface area contributed by atoms with Gasteiger partial charge in [0.05, 0.1) is 10.9 Å². The van der Waals surface area contributed by atoms with Gasteiger partial charge in [0, 0.05) is 16.1 Å². The average molecular weight is 425 g/mol. The van der Waals surface area contributed by atoms with Crippen molar-refractivity contribution in [3.05, 3.63) is 64.1 Å². The summed E-state index contributed by atoms with van der Waals surface area (Å²) >= 11 is 3.47. The van der Waals surface area contributed by atoms with Crippen LogP contribution in [-0.4, -0.2) is 20.4 Å². The van der Waals surface area contributed by atoms with Crippen LogP contribution >= 0.6 is 15.9 Å². The first-order valence-corrected chi connectivity index (χ1v) is 10.2. The molecule has 0 saturated heterocycles. The van der Waals surface area contributed by atoms with Gasteiger partial charge in [0.2, 0.25) is 10.0 Å². The maximum Gasteiger partial charge on any atom is 0.251 e. The lowest BCUT2D eigenvalue weighted by atomic mass is 10.1. The first-order chi connectivity index (χ1) is 11.7. The molecule has 0 aliphatic carbocycles. The molecule has 2 aromatic rings. The maximum atomic E-state index is 12.4. The molecule has 0 radical (unpaired) electrons. The van der Waals surface area contributed by atoms with Crippen LogP contribution in [0.5, 0.6) is 0 Å². The van der Waals surface area contributed by atoms with Crippen molar-refractivity contribution < 1.29 is 13.2 Å². The minimum Gasteiger partial charge on any atom is -0.345 e. The van der Waals surface area contributed by atoms with Crippen molar-refractivity contribution >= 4 is 31.9 Å². The molecule has 134 valence electrons. The van der Waals surface area contributed by atoms with E-state index in [9.17, 15) is 13.2 Å². The number of hydrogen-bond donors (Lipinski definition) is 2. The molecule has 1 amide bonds. The fraction of sp³-hybridized carbons (Fsp3) is 0.278. The van der Waals surface area contributed by atoms with E-state index in [1.54, 1.807) is 13.8 Å². The van der Waals surface area contributed by atoms with Crippen LogP contribution < -0.4 is 10.0 Å². The maximum absolute atomic E-state index is 12.4. The molecule has 2 N–H and O–H groups in total. The molecule has 0 saturated carbocycles. The summed E-state index contributed by atoms with van der Waals surface area (Å²) in [6.45, 7) is 5.40. The van der Waals surface area contributed by atoms with Crippen LogP contribution in [0.25, 0.3) is 0 Å². The summed E-state index contributed by atoms with van der Waals surface area (Å²) < 4.78 is 27.6. The van der Waals surface area contributed by atoms with E-state index in [0.29, 0.717) is 5.56 Å². The summed E-state index contributed by atoms with van der Waals surface area (Å²) in [5.41, 5.74) is 1.37. The number of rotatable bonds is 6. The number of amides is 1. The number of nitrogens with one attached hydrogen (secondary N) is 2. The van der Waals surface area contributed by atoms with Crippen LogP contribution in [0.2, 0.25) is 0 Å². The van der Waals surface area contributed by atoms with E-state index in [1.807, 2.05) is 31.2 Å². The second-order valence-corrected chi connectivity index (χ2v) is 8.59. The van der Waals surface area contributed by atoms with E-state index < -0.39 is 10.0 Å². The number of benzene rings is 2. The van der Waals surface area contributed by atoms with Gasteiger partial charge in [-0.3, -0.25) is 4.79 Å². The zero-order valence-electron chi connectivity index (χ0n) is 14.3. The Bertz CT molecular complexity index is 849. The highest BCUT2D eigenvalue weighted by molar-refractivity contribution is 9.10. The Hall–Kier alpha value is -1.70. The second kappa shape index (κ2) is 8.12. The lowest BCUT2D eigenvalue weighted by Gasteiger charge is -2.16. The first-order valence-electron chi connectivity index (χ1n) is 7.88. The highest BCUT2D eigenvalue weighted by atomic mass is 79.9. The van der Waals surface area contributed by atoms with Crippen molar-refractivity contribution in [2.24, 2.45) is 0 Å². The summed E-state index contributed by atoms with van der Waals surface area (Å²) in [6.07, 6.45) is 0. The van der Waals surface area contributed by atoms with Gasteiger partial charge in [0.1, 0.15) is 0 Å². The van der Waals surface area contributed by atoms with Gasteiger partial charge >= 0.3 is 0 Å². The molecule has 0 aliphatic rings. The third-order valence-corrected chi connectivity index (χ3v) is 5.93.